The van der Waals surface area contributed by atoms with Crippen molar-refractivity contribution < 1.29 is 10.2 Å². The van der Waals surface area contributed by atoms with Gasteiger partial charge in [-0.2, -0.15) is 0 Å². The van der Waals surface area contributed by atoms with Gasteiger partial charge >= 0.3 is 0 Å². The summed E-state index contributed by atoms with van der Waals surface area (Å²) < 4.78 is 0. The zero-order valence-corrected chi connectivity index (χ0v) is 28.8. The highest BCUT2D eigenvalue weighted by Crippen LogP contribution is 2.23. The van der Waals surface area contributed by atoms with Gasteiger partial charge in [-0.25, -0.2) is 0 Å². The Hall–Kier alpha value is -0.0800. The normalized spacial score (nSPS) is 12.5. The Morgan fingerprint density at radius 1 is 0.317 bits per heavy atom. The SMILES string of the molecule is CCCCCCCCCCCCCCCCCCC(CCCCCCCCCCCCCCCCCC)C(O)CO. The molecule has 2 heteroatoms. The number of unbranched alkanes of at least 4 members (excludes halogenated alkanes) is 30. The van der Waals surface area contributed by atoms with E-state index in [4.69, 9.17) is 0 Å². The van der Waals surface area contributed by atoms with Crippen LogP contribution < -0.4 is 0 Å². The van der Waals surface area contributed by atoms with Crippen LogP contribution in [-0.4, -0.2) is 22.9 Å². The second-order valence-electron chi connectivity index (χ2n) is 13.7. The smallest absolute Gasteiger partial charge is 0.0799 e. The van der Waals surface area contributed by atoms with Crippen LogP contribution in [0.1, 0.15) is 232 Å². The third-order valence-electron chi connectivity index (χ3n) is 9.59. The van der Waals surface area contributed by atoms with E-state index in [-0.39, 0.29) is 6.61 Å². The Balaban J connectivity index is 3.47. The molecule has 0 aromatic rings. The van der Waals surface area contributed by atoms with Crippen LogP contribution in [0.5, 0.6) is 0 Å². The molecule has 1 unspecified atom stereocenters. The minimum atomic E-state index is -0.511. The molecule has 0 spiro atoms. The Kier molecular flexibility index (Phi) is 36.0. The number of rotatable bonds is 36. The predicted octanol–water partition coefficient (Wildman–Crippen LogP) is 13.3. The second-order valence-corrected chi connectivity index (χ2v) is 13.7. The first-order valence-electron chi connectivity index (χ1n) is 19.5. The molecule has 0 aromatic carbocycles. The van der Waals surface area contributed by atoms with Crippen molar-refractivity contribution in [2.24, 2.45) is 5.92 Å². The highest BCUT2D eigenvalue weighted by Gasteiger charge is 2.17. The Bertz CT molecular complexity index is 415. The molecule has 2 nitrogen and oxygen atoms in total. The van der Waals surface area contributed by atoms with Gasteiger partial charge in [0.1, 0.15) is 0 Å². The zero-order chi connectivity index (χ0) is 29.9. The van der Waals surface area contributed by atoms with E-state index in [1.54, 1.807) is 0 Å². The van der Waals surface area contributed by atoms with Gasteiger partial charge in [-0.3, -0.25) is 0 Å². The summed E-state index contributed by atoms with van der Waals surface area (Å²) in [4.78, 5) is 0. The maximum absolute atomic E-state index is 10.3. The average Bonchev–Trinajstić information content (AvgIpc) is 2.99. The minimum Gasteiger partial charge on any atom is -0.394 e. The maximum Gasteiger partial charge on any atom is 0.0799 e. The van der Waals surface area contributed by atoms with E-state index >= 15 is 0 Å². The monoisotopic (exact) mass is 581 g/mol. The lowest BCUT2D eigenvalue weighted by Crippen LogP contribution is -2.24. The van der Waals surface area contributed by atoms with Crippen LogP contribution in [0.15, 0.2) is 0 Å². The van der Waals surface area contributed by atoms with Gasteiger partial charge in [0.05, 0.1) is 12.7 Å². The average molecular weight is 581 g/mol. The van der Waals surface area contributed by atoms with Crippen LogP contribution in [0.25, 0.3) is 0 Å². The fourth-order valence-electron chi connectivity index (χ4n) is 6.59. The molecule has 0 heterocycles. The molecule has 0 rings (SSSR count). The summed E-state index contributed by atoms with van der Waals surface area (Å²) in [5.41, 5.74) is 0. The first-order valence-corrected chi connectivity index (χ1v) is 19.5. The van der Waals surface area contributed by atoms with Gasteiger partial charge in [0, 0.05) is 0 Å². The number of hydrogen-bond acceptors (Lipinski definition) is 2. The molecule has 0 aliphatic carbocycles. The zero-order valence-electron chi connectivity index (χ0n) is 28.8. The van der Waals surface area contributed by atoms with Gasteiger partial charge in [0.25, 0.3) is 0 Å². The lowest BCUT2D eigenvalue weighted by Gasteiger charge is -2.21. The van der Waals surface area contributed by atoms with Crippen molar-refractivity contribution in [1.29, 1.82) is 0 Å². The van der Waals surface area contributed by atoms with Crippen molar-refractivity contribution in [2.75, 3.05) is 6.61 Å². The van der Waals surface area contributed by atoms with Gasteiger partial charge < -0.3 is 10.2 Å². The number of aliphatic hydroxyl groups is 2. The van der Waals surface area contributed by atoms with Crippen LogP contribution in [0.2, 0.25) is 0 Å². The molecular weight excluding hydrogens is 500 g/mol. The van der Waals surface area contributed by atoms with E-state index in [1.165, 1.54) is 205 Å². The number of hydrogen-bond donors (Lipinski definition) is 2. The van der Waals surface area contributed by atoms with Crippen LogP contribution in [0.3, 0.4) is 0 Å². The first-order chi connectivity index (χ1) is 20.3. The van der Waals surface area contributed by atoms with E-state index in [1.807, 2.05) is 0 Å². The highest BCUT2D eigenvalue weighted by molar-refractivity contribution is 4.69. The summed E-state index contributed by atoms with van der Waals surface area (Å²) >= 11 is 0. The van der Waals surface area contributed by atoms with Crippen LogP contribution in [0.4, 0.5) is 0 Å². The van der Waals surface area contributed by atoms with Gasteiger partial charge in [-0.05, 0) is 18.8 Å². The Morgan fingerprint density at radius 2 is 0.512 bits per heavy atom. The van der Waals surface area contributed by atoms with Crippen LogP contribution in [0, 0.1) is 5.92 Å². The van der Waals surface area contributed by atoms with Gasteiger partial charge in [0.2, 0.25) is 0 Å². The topological polar surface area (TPSA) is 40.5 Å². The van der Waals surface area contributed by atoms with E-state index in [0.717, 1.165) is 12.8 Å². The molecule has 0 aliphatic heterocycles. The molecule has 1 atom stereocenters. The van der Waals surface area contributed by atoms with E-state index in [9.17, 15) is 10.2 Å². The summed E-state index contributed by atoms with van der Waals surface area (Å²) in [6.45, 7) is 4.52. The third kappa shape index (κ3) is 32.7. The van der Waals surface area contributed by atoms with E-state index in [0.29, 0.717) is 5.92 Å². The quantitative estimate of drug-likeness (QED) is 0.0723. The van der Waals surface area contributed by atoms with Crippen molar-refractivity contribution in [1.82, 2.24) is 0 Å². The third-order valence-corrected chi connectivity index (χ3v) is 9.59. The van der Waals surface area contributed by atoms with E-state index in [2.05, 4.69) is 13.8 Å². The van der Waals surface area contributed by atoms with Crippen molar-refractivity contribution in [3.63, 3.8) is 0 Å². The molecule has 0 aliphatic rings. The minimum absolute atomic E-state index is 0.0671. The first kappa shape index (κ1) is 40.9. The molecule has 0 bridgehead atoms. The van der Waals surface area contributed by atoms with Crippen LogP contribution >= 0.6 is 0 Å². The highest BCUT2D eigenvalue weighted by atomic mass is 16.3. The molecule has 0 saturated carbocycles. The summed E-state index contributed by atoms with van der Waals surface area (Å²) in [6, 6.07) is 0. The molecule has 2 N–H and O–H groups in total. The summed E-state index contributed by atoms with van der Waals surface area (Å²) in [5, 5.41) is 19.8. The number of aliphatic hydroxyl groups excluding tert-OH is 2. The predicted molar refractivity (Wildman–Crippen MR) is 185 cm³/mol. The molecule has 0 amide bonds. The van der Waals surface area contributed by atoms with Gasteiger partial charge in [0.15, 0.2) is 0 Å². The fraction of sp³-hybridized carbons (Fsp3) is 1.00. The molecule has 0 aromatic heterocycles. The standard InChI is InChI=1S/C39H80O2/c1-3-5-7-9-11-13-15-17-19-21-23-25-27-29-31-33-35-38(39(41)37-40)36-34-32-30-28-26-24-22-20-18-16-14-12-10-8-6-4-2/h38-41H,3-37H2,1-2H3. The van der Waals surface area contributed by atoms with Crippen molar-refractivity contribution >= 4 is 0 Å². The summed E-state index contributed by atoms with van der Waals surface area (Å²) in [6.07, 6.45) is 46.5. The van der Waals surface area contributed by atoms with Crippen molar-refractivity contribution in [3.8, 4) is 0 Å². The Morgan fingerprint density at radius 3 is 0.707 bits per heavy atom. The molecule has 0 saturated heterocycles. The van der Waals surface area contributed by atoms with Crippen molar-refractivity contribution in [2.45, 2.75) is 238 Å². The van der Waals surface area contributed by atoms with Crippen molar-refractivity contribution in [3.05, 3.63) is 0 Å². The lowest BCUT2D eigenvalue weighted by atomic mass is 9.90. The van der Waals surface area contributed by atoms with Gasteiger partial charge in [-0.15, -0.1) is 0 Å². The maximum atomic E-state index is 10.3. The molecule has 248 valence electrons. The Labute approximate surface area is 260 Å². The second kappa shape index (κ2) is 36.1. The summed E-state index contributed by atoms with van der Waals surface area (Å²) in [7, 11) is 0. The lowest BCUT2D eigenvalue weighted by molar-refractivity contribution is 0.0382. The largest absolute Gasteiger partial charge is 0.394 e. The molecule has 0 radical (unpaired) electrons. The van der Waals surface area contributed by atoms with E-state index < -0.39 is 6.10 Å². The summed E-state index contributed by atoms with van der Waals surface area (Å²) in [5.74, 6) is 0.304. The molecular formula is C39H80O2. The fourth-order valence-corrected chi connectivity index (χ4v) is 6.59. The van der Waals surface area contributed by atoms with Gasteiger partial charge in [-0.1, -0.05) is 219 Å². The molecule has 41 heavy (non-hydrogen) atoms. The van der Waals surface area contributed by atoms with Crippen LogP contribution in [-0.2, 0) is 0 Å². The molecule has 0 fully saturated rings.